The molecule has 1 rings (SSSR count). The van der Waals surface area contributed by atoms with Gasteiger partial charge in [0.25, 0.3) is 0 Å². The maximum atomic E-state index is 5.48. The molecule has 1 aromatic heterocycles. The van der Waals surface area contributed by atoms with Crippen LogP contribution >= 0.6 is 21.6 Å². The van der Waals surface area contributed by atoms with Gasteiger partial charge in [-0.25, -0.2) is 4.98 Å². The quantitative estimate of drug-likeness (QED) is 0.272. The summed E-state index contributed by atoms with van der Waals surface area (Å²) in [6.07, 6.45) is 6.85. The van der Waals surface area contributed by atoms with Crippen LogP contribution < -0.4 is 0 Å². The highest BCUT2D eigenvalue weighted by atomic mass is 33.1. The lowest BCUT2D eigenvalue weighted by atomic mass is 10.5. The van der Waals surface area contributed by atoms with Crippen LogP contribution in [-0.4, -0.2) is 63.6 Å². The summed E-state index contributed by atoms with van der Waals surface area (Å²) in [6, 6.07) is 5.89. The molecule has 1 heterocycles. The molecule has 0 amide bonds. The molecular formula is C16H23NO4S2. The first kappa shape index (κ1) is 20.3. The molecule has 0 fully saturated rings. The molecule has 7 heteroatoms. The molecule has 0 saturated heterocycles. The molecule has 5 nitrogen and oxygen atoms in total. The Balaban J connectivity index is 1.73. The second-order valence-electron chi connectivity index (χ2n) is 4.17. The van der Waals surface area contributed by atoms with Gasteiger partial charge in [0, 0.05) is 11.9 Å². The molecule has 128 valence electrons. The van der Waals surface area contributed by atoms with Crippen LogP contribution in [0.3, 0.4) is 0 Å². The van der Waals surface area contributed by atoms with Crippen LogP contribution in [0.25, 0.3) is 0 Å². The molecule has 0 aliphatic heterocycles. The minimum Gasteiger partial charge on any atom is -0.378 e. The summed E-state index contributed by atoms with van der Waals surface area (Å²) in [5, 5.41) is 1.02. The van der Waals surface area contributed by atoms with E-state index in [1.165, 1.54) is 0 Å². The van der Waals surface area contributed by atoms with E-state index in [2.05, 4.69) is 10.9 Å². The third kappa shape index (κ3) is 13.4. The van der Waals surface area contributed by atoms with Gasteiger partial charge < -0.3 is 18.9 Å². The average Bonchev–Trinajstić information content (AvgIpc) is 2.59. The zero-order valence-electron chi connectivity index (χ0n) is 13.1. The molecule has 0 aromatic carbocycles. The van der Waals surface area contributed by atoms with E-state index < -0.39 is 0 Å². The molecule has 0 unspecified atom stereocenters. The molecule has 0 radical (unpaired) electrons. The van der Waals surface area contributed by atoms with E-state index >= 15 is 0 Å². The molecule has 0 N–H and O–H groups in total. The van der Waals surface area contributed by atoms with Gasteiger partial charge in [-0.2, -0.15) is 0 Å². The monoisotopic (exact) mass is 357 g/mol. The summed E-state index contributed by atoms with van der Waals surface area (Å²) in [5.74, 6) is 3.32. The van der Waals surface area contributed by atoms with Gasteiger partial charge in [-0.1, -0.05) is 22.8 Å². The highest BCUT2D eigenvalue weighted by Crippen LogP contribution is 2.28. The predicted octanol–water partition coefficient (Wildman–Crippen LogP) is 2.52. The lowest BCUT2D eigenvalue weighted by Crippen LogP contribution is -2.12. The van der Waals surface area contributed by atoms with Crippen molar-refractivity contribution in [2.24, 2.45) is 0 Å². The first-order chi connectivity index (χ1) is 11.4. The predicted molar refractivity (Wildman–Crippen MR) is 94.7 cm³/mol. The number of terminal acetylenes is 1. The molecule has 0 bridgehead atoms. The number of ether oxygens (including phenoxy) is 4. The van der Waals surface area contributed by atoms with Gasteiger partial charge in [0.15, 0.2) is 0 Å². The number of aromatic nitrogens is 1. The fourth-order valence-corrected chi connectivity index (χ4v) is 3.12. The lowest BCUT2D eigenvalue weighted by Gasteiger charge is -2.06. The van der Waals surface area contributed by atoms with E-state index in [1.807, 2.05) is 18.2 Å². The van der Waals surface area contributed by atoms with Gasteiger partial charge in [0.2, 0.25) is 0 Å². The van der Waals surface area contributed by atoms with Crippen LogP contribution in [0.4, 0.5) is 0 Å². The summed E-state index contributed by atoms with van der Waals surface area (Å²) in [7, 11) is 3.39. The van der Waals surface area contributed by atoms with E-state index in [0.29, 0.717) is 52.9 Å². The topological polar surface area (TPSA) is 49.8 Å². The zero-order chi connectivity index (χ0) is 16.4. The van der Waals surface area contributed by atoms with Crippen LogP contribution in [0.15, 0.2) is 29.4 Å². The van der Waals surface area contributed by atoms with Crippen molar-refractivity contribution in [2.75, 3.05) is 58.6 Å². The van der Waals surface area contributed by atoms with E-state index in [-0.39, 0.29) is 0 Å². The number of pyridine rings is 1. The van der Waals surface area contributed by atoms with Gasteiger partial charge in [0.05, 0.1) is 46.2 Å². The Morgan fingerprint density at radius 2 is 1.57 bits per heavy atom. The number of hydrogen-bond acceptors (Lipinski definition) is 7. The Morgan fingerprint density at radius 3 is 2.17 bits per heavy atom. The van der Waals surface area contributed by atoms with Crippen LogP contribution in [-0.2, 0) is 18.9 Å². The van der Waals surface area contributed by atoms with Crippen LogP contribution in [0.2, 0.25) is 0 Å². The maximum absolute atomic E-state index is 5.48. The second kappa shape index (κ2) is 16.1. The van der Waals surface area contributed by atoms with Gasteiger partial charge in [-0.05, 0) is 22.9 Å². The Hall–Kier alpha value is -0.750. The Morgan fingerprint density at radius 1 is 0.913 bits per heavy atom. The van der Waals surface area contributed by atoms with Crippen LogP contribution in [0.5, 0.6) is 0 Å². The Labute approximate surface area is 146 Å². The SMILES string of the molecule is C#CCOCCOCCOCCOCCSSc1ccccn1. The number of hydrogen-bond donors (Lipinski definition) is 0. The zero-order valence-corrected chi connectivity index (χ0v) is 14.8. The number of rotatable bonds is 15. The summed E-state index contributed by atoms with van der Waals surface area (Å²) < 4.78 is 21.3. The molecule has 1 aromatic rings. The van der Waals surface area contributed by atoms with Crippen molar-refractivity contribution in [1.29, 1.82) is 0 Å². The average molecular weight is 357 g/mol. The van der Waals surface area contributed by atoms with Crippen molar-refractivity contribution < 1.29 is 18.9 Å². The Bertz CT molecular complexity index is 414. The Kier molecular flexibility index (Phi) is 14.2. The van der Waals surface area contributed by atoms with E-state index in [4.69, 9.17) is 25.4 Å². The van der Waals surface area contributed by atoms with Gasteiger partial charge in [-0.15, -0.1) is 6.42 Å². The summed E-state index contributed by atoms with van der Waals surface area (Å²) in [4.78, 5) is 4.24. The standard InChI is InChI=1S/C16H23NO4S2/c1-2-7-18-8-9-19-10-11-20-12-13-21-14-15-22-23-16-5-3-4-6-17-16/h1,3-6H,7-15H2. The normalized spacial score (nSPS) is 10.6. The van der Waals surface area contributed by atoms with Gasteiger partial charge >= 0.3 is 0 Å². The molecule has 0 spiro atoms. The van der Waals surface area contributed by atoms with Crippen LogP contribution in [0.1, 0.15) is 0 Å². The van der Waals surface area contributed by atoms with Crippen LogP contribution in [0, 0.1) is 12.3 Å². The number of nitrogens with zero attached hydrogens (tertiary/aromatic N) is 1. The van der Waals surface area contributed by atoms with E-state index in [1.54, 1.807) is 27.8 Å². The van der Waals surface area contributed by atoms with Crippen molar-refractivity contribution in [2.45, 2.75) is 5.03 Å². The fourth-order valence-electron chi connectivity index (χ4n) is 1.38. The van der Waals surface area contributed by atoms with Crippen molar-refractivity contribution >= 4 is 21.6 Å². The first-order valence-corrected chi connectivity index (χ1v) is 9.70. The third-order valence-electron chi connectivity index (χ3n) is 2.39. The maximum Gasteiger partial charge on any atom is 0.107 e. The van der Waals surface area contributed by atoms with Gasteiger partial charge in [0.1, 0.15) is 11.6 Å². The first-order valence-electron chi connectivity index (χ1n) is 7.38. The molecule has 0 saturated carbocycles. The molecule has 0 atom stereocenters. The molecular weight excluding hydrogens is 334 g/mol. The van der Waals surface area contributed by atoms with Crippen molar-refractivity contribution in [3.8, 4) is 12.3 Å². The third-order valence-corrected chi connectivity index (χ3v) is 4.62. The van der Waals surface area contributed by atoms with Crippen molar-refractivity contribution in [3.63, 3.8) is 0 Å². The second-order valence-corrected chi connectivity index (χ2v) is 6.60. The molecule has 0 aliphatic rings. The van der Waals surface area contributed by atoms with E-state index in [9.17, 15) is 0 Å². The van der Waals surface area contributed by atoms with Crippen molar-refractivity contribution in [3.05, 3.63) is 24.4 Å². The summed E-state index contributed by atoms with van der Waals surface area (Å²) in [5.41, 5.74) is 0. The van der Waals surface area contributed by atoms with Gasteiger partial charge in [-0.3, -0.25) is 0 Å². The minimum atomic E-state index is 0.329. The summed E-state index contributed by atoms with van der Waals surface area (Å²) in [6.45, 7) is 4.37. The lowest BCUT2D eigenvalue weighted by molar-refractivity contribution is 0.00312. The highest BCUT2D eigenvalue weighted by molar-refractivity contribution is 8.76. The summed E-state index contributed by atoms with van der Waals surface area (Å²) >= 11 is 0. The largest absolute Gasteiger partial charge is 0.378 e. The minimum absolute atomic E-state index is 0.329. The fraction of sp³-hybridized carbons (Fsp3) is 0.562. The smallest absolute Gasteiger partial charge is 0.107 e. The molecule has 23 heavy (non-hydrogen) atoms. The molecule has 0 aliphatic carbocycles. The highest BCUT2D eigenvalue weighted by Gasteiger charge is 1.96. The van der Waals surface area contributed by atoms with E-state index in [0.717, 1.165) is 10.8 Å². The van der Waals surface area contributed by atoms with Crippen molar-refractivity contribution in [1.82, 2.24) is 4.98 Å².